The lowest BCUT2D eigenvalue weighted by Crippen LogP contribution is -2.28. The molecule has 33 heavy (non-hydrogen) atoms. The number of aromatic nitrogens is 4. The van der Waals surface area contributed by atoms with E-state index in [0.717, 1.165) is 42.7 Å². The molecule has 4 aromatic rings. The Morgan fingerprint density at radius 3 is 2.64 bits per heavy atom. The van der Waals surface area contributed by atoms with E-state index in [0.29, 0.717) is 29.4 Å². The molecule has 0 spiro atoms. The normalized spacial score (nSPS) is 18.1. The summed E-state index contributed by atoms with van der Waals surface area (Å²) in [4.78, 5) is 17.8. The Labute approximate surface area is 192 Å². The fourth-order valence-corrected chi connectivity index (χ4v) is 3.96. The number of hydrogen-bond acceptors (Lipinski definition) is 8. The zero-order valence-electron chi connectivity index (χ0n) is 18.2. The molecule has 1 fully saturated rings. The van der Waals surface area contributed by atoms with Crippen LogP contribution in [0.3, 0.4) is 0 Å². The van der Waals surface area contributed by atoms with Crippen LogP contribution in [0.1, 0.15) is 31.2 Å². The van der Waals surface area contributed by atoms with Gasteiger partial charge < -0.3 is 20.5 Å². The number of aliphatic hydroxyl groups is 1. The monoisotopic (exact) mass is 442 g/mol. The van der Waals surface area contributed by atoms with Crippen molar-refractivity contribution in [3.8, 4) is 5.75 Å². The van der Waals surface area contributed by atoms with Crippen LogP contribution in [0.2, 0.25) is 0 Å². The summed E-state index contributed by atoms with van der Waals surface area (Å²) in [5.74, 6) is 1.91. The van der Waals surface area contributed by atoms with Crippen molar-refractivity contribution >= 4 is 28.5 Å². The smallest absolute Gasteiger partial charge is 0.223 e. The summed E-state index contributed by atoms with van der Waals surface area (Å²) in [7, 11) is 0. The van der Waals surface area contributed by atoms with E-state index < -0.39 is 0 Å². The molecule has 8 nitrogen and oxygen atoms in total. The molecule has 1 aliphatic rings. The van der Waals surface area contributed by atoms with Crippen molar-refractivity contribution in [2.24, 2.45) is 0 Å². The van der Waals surface area contributed by atoms with Crippen LogP contribution >= 0.6 is 0 Å². The van der Waals surface area contributed by atoms with Crippen LogP contribution in [-0.2, 0) is 6.61 Å². The van der Waals surface area contributed by atoms with Gasteiger partial charge in [0.2, 0.25) is 5.95 Å². The third kappa shape index (κ3) is 5.35. The summed E-state index contributed by atoms with van der Waals surface area (Å²) < 4.78 is 5.94. The van der Waals surface area contributed by atoms with Crippen molar-refractivity contribution < 1.29 is 9.84 Å². The molecule has 1 saturated carbocycles. The van der Waals surface area contributed by atoms with Gasteiger partial charge in [0.25, 0.3) is 0 Å². The largest absolute Gasteiger partial charge is 0.489 e. The number of aliphatic hydroxyl groups excluding tert-OH is 1. The van der Waals surface area contributed by atoms with Gasteiger partial charge in [-0.15, -0.1) is 0 Å². The molecule has 168 valence electrons. The maximum Gasteiger partial charge on any atom is 0.223 e. The SMILES string of the molecule is OC1CCC(Nc2ncc3ncnc(Nc4cccc(OCc5ccccc5)c4)c3n2)CC1. The van der Waals surface area contributed by atoms with Crippen molar-refractivity contribution in [1.29, 1.82) is 0 Å². The second-order valence-corrected chi connectivity index (χ2v) is 8.23. The minimum absolute atomic E-state index is 0.197. The van der Waals surface area contributed by atoms with Crippen LogP contribution in [0.4, 0.5) is 17.5 Å². The van der Waals surface area contributed by atoms with Crippen LogP contribution in [0.15, 0.2) is 67.1 Å². The first-order valence-corrected chi connectivity index (χ1v) is 11.2. The van der Waals surface area contributed by atoms with Gasteiger partial charge in [-0.25, -0.2) is 19.9 Å². The molecule has 0 unspecified atom stereocenters. The standard InChI is InChI=1S/C25H26N6O2/c32-20-11-9-18(10-12-20)30-25-26-14-22-23(31-25)24(28-16-27-22)29-19-7-4-8-21(13-19)33-15-17-5-2-1-3-6-17/h1-8,13-14,16,18,20,32H,9-12,15H2,(H,26,30,31)(H,27,28,29). The Morgan fingerprint density at radius 2 is 1.79 bits per heavy atom. The zero-order valence-corrected chi connectivity index (χ0v) is 18.2. The van der Waals surface area contributed by atoms with Crippen LogP contribution in [0, 0.1) is 0 Å². The molecule has 0 atom stereocenters. The van der Waals surface area contributed by atoms with Crippen molar-refractivity contribution in [2.75, 3.05) is 10.6 Å². The Hall–Kier alpha value is -3.78. The van der Waals surface area contributed by atoms with Gasteiger partial charge in [0, 0.05) is 17.8 Å². The summed E-state index contributed by atoms with van der Waals surface area (Å²) >= 11 is 0. The highest BCUT2D eigenvalue weighted by molar-refractivity contribution is 5.87. The van der Waals surface area contributed by atoms with E-state index in [2.05, 4.69) is 30.6 Å². The Morgan fingerprint density at radius 1 is 0.939 bits per heavy atom. The van der Waals surface area contributed by atoms with Crippen LogP contribution < -0.4 is 15.4 Å². The molecule has 0 amide bonds. The first-order valence-electron chi connectivity index (χ1n) is 11.2. The van der Waals surface area contributed by atoms with Crippen molar-refractivity contribution in [3.05, 3.63) is 72.7 Å². The lowest BCUT2D eigenvalue weighted by molar-refractivity contribution is 0.126. The second kappa shape index (κ2) is 9.79. The zero-order chi connectivity index (χ0) is 22.5. The Kier molecular flexibility index (Phi) is 6.25. The van der Waals surface area contributed by atoms with Gasteiger partial charge >= 0.3 is 0 Å². The first-order chi connectivity index (χ1) is 16.2. The molecule has 0 radical (unpaired) electrons. The number of rotatable bonds is 7. The third-order valence-corrected chi connectivity index (χ3v) is 5.75. The molecular weight excluding hydrogens is 416 g/mol. The lowest BCUT2D eigenvalue weighted by Gasteiger charge is -2.26. The molecule has 5 rings (SSSR count). The fourth-order valence-electron chi connectivity index (χ4n) is 3.96. The van der Waals surface area contributed by atoms with Gasteiger partial charge in [-0.3, -0.25) is 0 Å². The minimum atomic E-state index is -0.197. The van der Waals surface area contributed by atoms with Gasteiger partial charge in [-0.05, 0) is 43.4 Å². The van der Waals surface area contributed by atoms with E-state index in [1.807, 2.05) is 54.6 Å². The maximum atomic E-state index is 9.73. The van der Waals surface area contributed by atoms with E-state index in [1.54, 1.807) is 6.20 Å². The molecule has 1 aliphatic carbocycles. The molecular formula is C25H26N6O2. The minimum Gasteiger partial charge on any atom is -0.489 e. The molecule has 0 bridgehead atoms. The molecule has 8 heteroatoms. The average Bonchev–Trinajstić information content (AvgIpc) is 2.85. The highest BCUT2D eigenvalue weighted by atomic mass is 16.5. The van der Waals surface area contributed by atoms with Gasteiger partial charge in [-0.2, -0.15) is 0 Å². The number of fused-ring (bicyclic) bond motifs is 1. The predicted molar refractivity (Wildman–Crippen MR) is 128 cm³/mol. The Bertz CT molecular complexity index is 1210. The number of nitrogens with zero attached hydrogens (tertiary/aromatic N) is 4. The molecule has 2 aromatic heterocycles. The third-order valence-electron chi connectivity index (χ3n) is 5.75. The lowest BCUT2D eigenvalue weighted by atomic mass is 9.93. The summed E-state index contributed by atoms with van der Waals surface area (Å²) in [6.45, 7) is 0.501. The topological polar surface area (TPSA) is 105 Å². The average molecular weight is 443 g/mol. The first kappa shape index (κ1) is 21.1. The Balaban J connectivity index is 1.32. The van der Waals surface area contributed by atoms with E-state index in [-0.39, 0.29) is 12.1 Å². The number of benzene rings is 2. The molecule has 2 heterocycles. The fraction of sp³-hybridized carbons (Fsp3) is 0.280. The summed E-state index contributed by atoms with van der Waals surface area (Å²) in [6, 6.07) is 18.1. The number of anilines is 3. The van der Waals surface area contributed by atoms with Crippen molar-refractivity contribution in [2.45, 2.75) is 44.4 Å². The van der Waals surface area contributed by atoms with Gasteiger partial charge in [0.15, 0.2) is 5.82 Å². The molecule has 2 aromatic carbocycles. The predicted octanol–water partition coefficient (Wildman–Crippen LogP) is 4.46. The van der Waals surface area contributed by atoms with E-state index in [1.165, 1.54) is 6.33 Å². The van der Waals surface area contributed by atoms with Crippen molar-refractivity contribution in [3.63, 3.8) is 0 Å². The van der Waals surface area contributed by atoms with Crippen LogP contribution in [0.25, 0.3) is 11.0 Å². The maximum absolute atomic E-state index is 9.73. The highest BCUT2D eigenvalue weighted by Gasteiger charge is 2.20. The van der Waals surface area contributed by atoms with Crippen LogP contribution in [-0.4, -0.2) is 37.2 Å². The van der Waals surface area contributed by atoms with Gasteiger partial charge in [0.05, 0.1) is 12.3 Å². The quantitative estimate of drug-likeness (QED) is 0.385. The van der Waals surface area contributed by atoms with E-state index >= 15 is 0 Å². The number of hydrogen-bond donors (Lipinski definition) is 3. The second-order valence-electron chi connectivity index (χ2n) is 8.23. The summed E-state index contributed by atoms with van der Waals surface area (Å²) in [5.41, 5.74) is 3.26. The molecule has 0 saturated heterocycles. The molecule has 0 aliphatic heterocycles. The summed E-state index contributed by atoms with van der Waals surface area (Å²) in [5, 5.41) is 16.5. The number of nitrogens with one attached hydrogen (secondary N) is 2. The molecule has 3 N–H and O–H groups in total. The highest BCUT2D eigenvalue weighted by Crippen LogP contribution is 2.26. The van der Waals surface area contributed by atoms with Crippen molar-refractivity contribution in [1.82, 2.24) is 19.9 Å². The van der Waals surface area contributed by atoms with Crippen LogP contribution in [0.5, 0.6) is 5.75 Å². The van der Waals surface area contributed by atoms with Gasteiger partial charge in [0.1, 0.15) is 29.7 Å². The van der Waals surface area contributed by atoms with E-state index in [4.69, 9.17) is 4.74 Å². The number of ether oxygens (including phenoxy) is 1. The van der Waals surface area contributed by atoms with Gasteiger partial charge in [-0.1, -0.05) is 36.4 Å². The summed E-state index contributed by atoms with van der Waals surface area (Å²) in [6.07, 6.45) is 6.39. The van der Waals surface area contributed by atoms with E-state index in [9.17, 15) is 5.11 Å².